The number of ether oxygens (including phenoxy) is 1. The Balaban J connectivity index is 2.11. The van der Waals surface area contributed by atoms with Gasteiger partial charge in [-0.05, 0) is 48.6 Å². The van der Waals surface area contributed by atoms with Crippen LogP contribution in [0.5, 0.6) is 5.75 Å². The lowest BCUT2D eigenvalue weighted by molar-refractivity contribution is 0.0695. The summed E-state index contributed by atoms with van der Waals surface area (Å²) in [7, 11) is 1.54. The van der Waals surface area contributed by atoms with Gasteiger partial charge in [-0.25, -0.2) is 4.79 Å². The highest BCUT2D eigenvalue weighted by Gasteiger charge is 2.26. The van der Waals surface area contributed by atoms with E-state index in [0.29, 0.717) is 11.3 Å². The van der Waals surface area contributed by atoms with Crippen LogP contribution in [0.1, 0.15) is 45.9 Å². The first-order chi connectivity index (χ1) is 10.2. The molecule has 1 aromatic heterocycles. The van der Waals surface area contributed by atoms with Gasteiger partial charge < -0.3 is 9.84 Å². The molecule has 1 aliphatic rings. The normalized spacial score (nSPS) is 17.1. The van der Waals surface area contributed by atoms with Crippen LogP contribution >= 0.6 is 0 Å². The van der Waals surface area contributed by atoms with Crippen molar-refractivity contribution in [3.63, 3.8) is 0 Å². The lowest BCUT2D eigenvalue weighted by atomic mass is 9.80. The van der Waals surface area contributed by atoms with Crippen LogP contribution in [-0.2, 0) is 6.42 Å². The number of fused-ring (bicyclic) bond motifs is 1. The molecule has 108 valence electrons. The fraction of sp³-hybridized carbons (Fsp3) is 0.294. The number of aromatic carboxylic acids is 1. The summed E-state index contributed by atoms with van der Waals surface area (Å²) >= 11 is 0. The molecule has 0 saturated carbocycles. The molecule has 2 aromatic rings. The molecular weight excluding hydrogens is 266 g/mol. The van der Waals surface area contributed by atoms with E-state index in [-0.39, 0.29) is 5.92 Å². The Hall–Kier alpha value is -2.36. The number of hydrogen-bond acceptors (Lipinski definition) is 3. The quantitative estimate of drug-likeness (QED) is 0.939. The van der Waals surface area contributed by atoms with Gasteiger partial charge in [0.15, 0.2) is 0 Å². The van der Waals surface area contributed by atoms with Crippen molar-refractivity contribution in [3.05, 3.63) is 58.9 Å². The monoisotopic (exact) mass is 283 g/mol. The minimum absolute atomic E-state index is 0.0481. The number of carboxylic acids is 1. The second-order valence-electron chi connectivity index (χ2n) is 5.25. The van der Waals surface area contributed by atoms with Gasteiger partial charge in [-0.2, -0.15) is 0 Å². The largest absolute Gasteiger partial charge is 0.497 e. The van der Waals surface area contributed by atoms with Gasteiger partial charge in [0.2, 0.25) is 0 Å². The lowest BCUT2D eigenvalue weighted by Crippen LogP contribution is -2.16. The Morgan fingerprint density at radius 2 is 2.24 bits per heavy atom. The first-order valence-corrected chi connectivity index (χ1v) is 7.05. The summed E-state index contributed by atoms with van der Waals surface area (Å²) in [5.74, 6) is -0.313. The van der Waals surface area contributed by atoms with Crippen molar-refractivity contribution < 1.29 is 14.6 Å². The zero-order valence-electron chi connectivity index (χ0n) is 11.9. The van der Waals surface area contributed by atoms with E-state index in [1.165, 1.54) is 12.7 Å². The van der Waals surface area contributed by atoms with Gasteiger partial charge in [0.1, 0.15) is 5.75 Å². The second kappa shape index (κ2) is 5.56. The summed E-state index contributed by atoms with van der Waals surface area (Å²) in [4.78, 5) is 16.1. The Morgan fingerprint density at radius 1 is 1.38 bits per heavy atom. The lowest BCUT2D eigenvalue weighted by Gasteiger charge is -2.25. The average Bonchev–Trinajstić information content (AvgIpc) is 2.53. The van der Waals surface area contributed by atoms with E-state index in [0.717, 1.165) is 30.5 Å². The minimum atomic E-state index is -0.924. The summed E-state index contributed by atoms with van der Waals surface area (Å²) in [5, 5.41) is 9.49. The predicted octanol–water partition coefficient (Wildman–Crippen LogP) is 3.26. The third kappa shape index (κ3) is 2.49. The fourth-order valence-corrected chi connectivity index (χ4v) is 3.06. The van der Waals surface area contributed by atoms with Crippen molar-refractivity contribution in [2.75, 3.05) is 7.11 Å². The second-order valence-corrected chi connectivity index (χ2v) is 5.25. The molecule has 1 N–H and O–H groups in total. The number of rotatable bonds is 3. The number of benzene rings is 1. The first kappa shape index (κ1) is 13.6. The van der Waals surface area contributed by atoms with E-state index in [9.17, 15) is 9.90 Å². The zero-order valence-corrected chi connectivity index (χ0v) is 11.9. The van der Waals surface area contributed by atoms with Crippen LogP contribution in [0.2, 0.25) is 0 Å². The highest BCUT2D eigenvalue weighted by molar-refractivity contribution is 5.90. The number of aromatic nitrogens is 1. The first-order valence-electron chi connectivity index (χ1n) is 7.05. The molecule has 0 aliphatic heterocycles. The van der Waals surface area contributed by atoms with Crippen LogP contribution in [0.15, 0.2) is 36.5 Å². The number of carboxylic acid groups (broad SMARTS) is 1. The van der Waals surface area contributed by atoms with Gasteiger partial charge in [0.05, 0.1) is 18.4 Å². The molecular formula is C17H17NO3. The number of aryl methyl sites for hydroxylation is 1. The molecule has 21 heavy (non-hydrogen) atoms. The Bertz CT molecular complexity index is 681. The van der Waals surface area contributed by atoms with E-state index in [1.54, 1.807) is 12.3 Å². The molecule has 0 bridgehead atoms. The molecule has 1 aliphatic carbocycles. The van der Waals surface area contributed by atoms with Crippen LogP contribution in [0, 0.1) is 0 Å². The van der Waals surface area contributed by atoms with Gasteiger partial charge in [-0.3, -0.25) is 4.98 Å². The molecule has 3 rings (SSSR count). The van der Waals surface area contributed by atoms with Gasteiger partial charge in [0.25, 0.3) is 0 Å². The van der Waals surface area contributed by atoms with E-state index in [1.807, 2.05) is 18.2 Å². The molecule has 4 heteroatoms. The van der Waals surface area contributed by atoms with Crippen molar-refractivity contribution in [2.45, 2.75) is 25.2 Å². The van der Waals surface area contributed by atoms with E-state index in [2.05, 4.69) is 11.1 Å². The van der Waals surface area contributed by atoms with Crippen LogP contribution in [-0.4, -0.2) is 23.2 Å². The third-order valence-corrected chi connectivity index (χ3v) is 4.06. The molecule has 0 amide bonds. The van der Waals surface area contributed by atoms with Crippen molar-refractivity contribution in [2.24, 2.45) is 0 Å². The van der Waals surface area contributed by atoms with Crippen molar-refractivity contribution in [3.8, 4) is 5.75 Å². The zero-order chi connectivity index (χ0) is 14.8. The predicted molar refractivity (Wildman–Crippen MR) is 79.0 cm³/mol. The maximum Gasteiger partial charge on any atom is 0.336 e. The van der Waals surface area contributed by atoms with Gasteiger partial charge in [0, 0.05) is 12.1 Å². The number of pyridine rings is 1. The van der Waals surface area contributed by atoms with Crippen LogP contribution in [0.4, 0.5) is 0 Å². The Kier molecular flexibility index (Phi) is 3.60. The van der Waals surface area contributed by atoms with E-state index >= 15 is 0 Å². The summed E-state index contributed by atoms with van der Waals surface area (Å²) in [5.41, 5.74) is 3.36. The smallest absolute Gasteiger partial charge is 0.336 e. The summed E-state index contributed by atoms with van der Waals surface area (Å²) in [6.45, 7) is 0. The van der Waals surface area contributed by atoms with Gasteiger partial charge in [-0.1, -0.05) is 12.1 Å². The van der Waals surface area contributed by atoms with E-state index < -0.39 is 5.97 Å². The Labute approximate surface area is 123 Å². The minimum Gasteiger partial charge on any atom is -0.497 e. The highest BCUT2D eigenvalue weighted by Crippen LogP contribution is 2.37. The molecule has 1 heterocycles. The fourth-order valence-electron chi connectivity index (χ4n) is 3.06. The summed E-state index contributed by atoms with van der Waals surface area (Å²) in [6, 6.07) is 9.29. The molecule has 0 fully saturated rings. The maximum absolute atomic E-state index is 11.6. The topological polar surface area (TPSA) is 59.4 Å². The third-order valence-electron chi connectivity index (χ3n) is 4.06. The van der Waals surface area contributed by atoms with Crippen molar-refractivity contribution in [1.29, 1.82) is 0 Å². The standard InChI is InChI=1S/C17H17NO3/c1-21-12-7-8-13(15(10-12)17(19)20)14-6-2-4-11-5-3-9-18-16(11)14/h3,5,7-10,14H,2,4,6H2,1H3,(H,19,20). The van der Waals surface area contributed by atoms with Crippen molar-refractivity contribution >= 4 is 5.97 Å². The number of carbonyl (C=O) groups is 1. The molecule has 0 radical (unpaired) electrons. The average molecular weight is 283 g/mol. The van der Waals surface area contributed by atoms with Crippen LogP contribution < -0.4 is 4.74 Å². The molecule has 4 nitrogen and oxygen atoms in total. The summed E-state index contributed by atoms with van der Waals surface area (Å²) in [6.07, 6.45) is 4.77. The SMILES string of the molecule is COc1ccc(C2CCCc3cccnc32)c(C(=O)O)c1. The molecule has 1 atom stereocenters. The van der Waals surface area contributed by atoms with Crippen LogP contribution in [0.25, 0.3) is 0 Å². The maximum atomic E-state index is 11.6. The Morgan fingerprint density at radius 3 is 3.00 bits per heavy atom. The van der Waals surface area contributed by atoms with Crippen molar-refractivity contribution in [1.82, 2.24) is 4.98 Å². The molecule has 0 spiro atoms. The molecule has 1 unspecified atom stereocenters. The summed E-state index contributed by atoms with van der Waals surface area (Å²) < 4.78 is 5.14. The highest BCUT2D eigenvalue weighted by atomic mass is 16.5. The number of methoxy groups -OCH3 is 1. The molecule has 1 aromatic carbocycles. The van der Waals surface area contributed by atoms with Gasteiger partial charge in [-0.15, -0.1) is 0 Å². The molecule has 0 saturated heterocycles. The van der Waals surface area contributed by atoms with Crippen LogP contribution in [0.3, 0.4) is 0 Å². The number of nitrogens with zero attached hydrogens (tertiary/aromatic N) is 1. The van der Waals surface area contributed by atoms with E-state index in [4.69, 9.17) is 4.74 Å². The number of hydrogen-bond donors (Lipinski definition) is 1. The van der Waals surface area contributed by atoms with Gasteiger partial charge >= 0.3 is 5.97 Å².